The number of sulfone groups is 1. The van der Waals surface area contributed by atoms with Crippen molar-refractivity contribution >= 4 is 44.4 Å². The van der Waals surface area contributed by atoms with E-state index in [0.29, 0.717) is 23.0 Å². The lowest BCUT2D eigenvalue weighted by molar-refractivity contribution is 0.103. The molecule has 1 N–H and O–H groups in total. The van der Waals surface area contributed by atoms with E-state index >= 15 is 0 Å². The second-order valence-corrected chi connectivity index (χ2v) is 10.8. The predicted octanol–water partition coefficient (Wildman–Crippen LogP) is 3.40. The Morgan fingerprint density at radius 2 is 2.00 bits per heavy atom. The summed E-state index contributed by atoms with van der Waals surface area (Å²) in [4.78, 5) is 24.2. The smallest absolute Gasteiger partial charge is 0.286 e. The molecule has 0 atom stereocenters. The molecule has 1 saturated heterocycles. The molecule has 2 aromatic heterocycles. The van der Waals surface area contributed by atoms with E-state index in [2.05, 4.69) is 17.2 Å². The Hall–Kier alpha value is -2.29. The molecule has 1 aliphatic rings. The fourth-order valence-electron chi connectivity index (χ4n) is 2.92. The number of hydrogen-bond donors (Lipinski definition) is 1. The molecule has 166 valence electrons. The van der Waals surface area contributed by atoms with Gasteiger partial charge in [0, 0.05) is 18.2 Å². The monoisotopic (exact) mass is 492 g/mol. The minimum atomic E-state index is -2.99. The van der Waals surface area contributed by atoms with E-state index in [1.54, 1.807) is 0 Å². The number of aromatic nitrogens is 1. The summed E-state index contributed by atoms with van der Waals surface area (Å²) in [6.07, 6.45) is -1.07. The van der Waals surface area contributed by atoms with Crippen LogP contribution < -0.4 is 10.9 Å². The number of thiophene rings is 1. The number of hydrogen-bond acceptors (Lipinski definition) is 5. The number of nitrogens with zero attached hydrogens (tertiary/aromatic N) is 1. The van der Waals surface area contributed by atoms with Crippen LogP contribution in [-0.2, 0) is 16.4 Å². The van der Waals surface area contributed by atoms with Crippen molar-refractivity contribution in [2.24, 2.45) is 5.92 Å². The van der Waals surface area contributed by atoms with Gasteiger partial charge in [-0.3, -0.25) is 9.59 Å². The zero-order valence-corrected chi connectivity index (χ0v) is 18.2. The number of anilines is 1. The molecular formula is C19H16ClF3N2O4S2. The molecule has 6 nitrogen and oxygen atoms in total. The van der Waals surface area contributed by atoms with E-state index in [0.717, 1.165) is 23.6 Å². The first-order valence-electron chi connectivity index (χ1n) is 9.05. The lowest BCUT2D eigenvalue weighted by atomic mass is 10.0. The normalized spacial score (nSPS) is 16.0. The van der Waals surface area contributed by atoms with Crippen molar-refractivity contribution in [3.8, 4) is 11.8 Å². The van der Waals surface area contributed by atoms with Crippen LogP contribution in [0, 0.1) is 23.6 Å². The summed E-state index contributed by atoms with van der Waals surface area (Å²) >= 11 is 7.06. The molecule has 1 fully saturated rings. The highest BCUT2D eigenvalue weighted by atomic mass is 35.5. The maximum Gasteiger partial charge on any atom is 0.286 e. The third-order valence-electron chi connectivity index (χ3n) is 4.51. The first kappa shape index (κ1) is 23.4. The third-order valence-corrected chi connectivity index (χ3v) is 7.58. The van der Waals surface area contributed by atoms with Crippen LogP contribution in [0.1, 0.15) is 28.1 Å². The van der Waals surface area contributed by atoms with Gasteiger partial charge in [0.2, 0.25) is 0 Å². The van der Waals surface area contributed by atoms with Crippen LogP contribution in [0.5, 0.6) is 0 Å². The van der Waals surface area contributed by atoms with E-state index in [4.69, 9.17) is 11.6 Å². The zero-order valence-electron chi connectivity index (χ0n) is 15.8. The van der Waals surface area contributed by atoms with Gasteiger partial charge in [0.1, 0.15) is 14.2 Å². The Labute approximate surface area is 184 Å². The fraction of sp³-hybridized carbons (Fsp3) is 0.368. The number of carbonyl (C=O) groups excluding carboxylic acids is 1. The van der Waals surface area contributed by atoms with E-state index in [-0.39, 0.29) is 32.3 Å². The molecule has 1 amide bonds. The summed E-state index contributed by atoms with van der Waals surface area (Å²) in [7, 11) is -2.99. The molecule has 0 aliphatic carbocycles. The van der Waals surface area contributed by atoms with Gasteiger partial charge in [0.15, 0.2) is 5.82 Å². The minimum absolute atomic E-state index is 0.0850. The lowest BCUT2D eigenvalue weighted by Crippen LogP contribution is -2.26. The zero-order chi connectivity index (χ0) is 22.8. The van der Waals surface area contributed by atoms with Crippen LogP contribution in [0.3, 0.4) is 0 Å². The highest BCUT2D eigenvalue weighted by Gasteiger charge is 2.22. The van der Waals surface area contributed by atoms with Gasteiger partial charge < -0.3 is 9.88 Å². The number of rotatable bonds is 4. The maximum atomic E-state index is 13.7. The Balaban J connectivity index is 1.74. The molecule has 0 bridgehead atoms. The number of alkyl halides is 2. The van der Waals surface area contributed by atoms with E-state index < -0.39 is 40.1 Å². The van der Waals surface area contributed by atoms with Gasteiger partial charge in [-0.25, -0.2) is 21.6 Å². The number of nitrogens with one attached hydrogen (secondary N) is 1. The summed E-state index contributed by atoms with van der Waals surface area (Å²) in [5, 5.41) is 2.35. The Morgan fingerprint density at radius 3 is 2.65 bits per heavy atom. The van der Waals surface area contributed by atoms with Gasteiger partial charge in [0.25, 0.3) is 17.9 Å². The summed E-state index contributed by atoms with van der Waals surface area (Å²) in [5.41, 5.74) is -0.993. The van der Waals surface area contributed by atoms with Gasteiger partial charge in [-0.05, 0) is 18.9 Å². The second kappa shape index (κ2) is 9.46. The molecule has 0 unspecified atom stereocenters. The van der Waals surface area contributed by atoms with Crippen molar-refractivity contribution in [1.82, 2.24) is 4.57 Å². The number of pyridine rings is 1. The molecule has 3 heterocycles. The van der Waals surface area contributed by atoms with Crippen molar-refractivity contribution in [2.45, 2.75) is 25.8 Å². The standard InChI is InChI=1S/C19H16ClF3N2O4S2/c20-17-12(2-1-11-3-5-31(28,29)6-4-11)7-15(30-17)18(26)24-13-8-14(21)19(27)25(9-13)10-16(22)23/h7-9,11,16H,3-6,10H2,(H,24,26). The lowest BCUT2D eigenvalue weighted by Gasteiger charge is -2.16. The molecule has 0 spiro atoms. The summed E-state index contributed by atoms with van der Waals surface area (Å²) in [5.74, 6) is 3.97. The van der Waals surface area contributed by atoms with Crippen molar-refractivity contribution < 1.29 is 26.4 Å². The predicted molar refractivity (Wildman–Crippen MR) is 112 cm³/mol. The van der Waals surface area contributed by atoms with Crippen LogP contribution >= 0.6 is 22.9 Å². The van der Waals surface area contributed by atoms with Crippen LogP contribution in [-0.4, -0.2) is 36.8 Å². The topological polar surface area (TPSA) is 85.2 Å². The van der Waals surface area contributed by atoms with E-state index in [9.17, 15) is 31.2 Å². The first-order chi connectivity index (χ1) is 14.5. The SMILES string of the molecule is O=C(Nc1cc(F)c(=O)n(CC(F)F)c1)c1cc(C#CC2CCS(=O)(=O)CC2)c(Cl)s1. The molecule has 12 heteroatoms. The fourth-order valence-corrected chi connectivity index (χ4v) is 5.50. The summed E-state index contributed by atoms with van der Waals surface area (Å²) in [6, 6.07) is 2.18. The van der Waals surface area contributed by atoms with Crippen molar-refractivity contribution in [1.29, 1.82) is 0 Å². The number of halogens is 4. The van der Waals surface area contributed by atoms with Gasteiger partial charge in [-0.2, -0.15) is 0 Å². The minimum Gasteiger partial charge on any atom is -0.320 e. The highest BCUT2D eigenvalue weighted by Crippen LogP contribution is 2.28. The van der Waals surface area contributed by atoms with Gasteiger partial charge in [-0.15, -0.1) is 11.3 Å². The average Bonchev–Trinajstić information content (AvgIpc) is 3.05. The second-order valence-electron chi connectivity index (χ2n) is 6.87. The third kappa shape index (κ3) is 6.12. The molecule has 2 aromatic rings. The van der Waals surface area contributed by atoms with E-state index in [1.165, 1.54) is 6.07 Å². The van der Waals surface area contributed by atoms with Crippen LogP contribution in [0.4, 0.5) is 18.9 Å². The Bertz CT molecular complexity index is 1210. The molecule has 0 aromatic carbocycles. The van der Waals surface area contributed by atoms with Crippen LogP contribution in [0.15, 0.2) is 23.1 Å². The Kier molecular flexibility index (Phi) is 7.13. The largest absolute Gasteiger partial charge is 0.320 e. The summed E-state index contributed by atoms with van der Waals surface area (Å²) in [6.45, 7) is -1.01. The van der Waals surface area contributed by atoms with Crippen LogP contribution in [0.2, 0.25) is 4.34 Å². The average molecular weight is 493 g/mol. The van der Waals surface area contributed by atoms with Gasteiger partial charge in [0.05, 0.1) is 34.2 Å². The molecule has 0 saturated carbocycles. The summed E-state index contributed by atoms with van der Waals surface area (Å²) < 4.78 is 62.5. The molecular weight excluding hydrogens is 477 g/mol. The van der Waals surface area contributed by atoms with Gasteiger partial charge in [-0.1, -0.05) is 23.4 Å². The first-order valence-corrected chi connectivity index (χ1v) is 12.1. The van der Waals surface area contributed by atoms with Crippen molar-refractivity contribution in [3.63, 3.8) is 0 Å². The molecule has 1 aliphatic heterocycles. The van der Waals surface area contributed by atoms with Gasteiger partial charge >= 0.3 is 0 Å². The number of amides is 1. The highest BCUT2D eigenvalue weighted by molar-refractivity contribution is 7.91. The molecule has 31 heavy (non-hydrogen) atoms. The maximum absolute atomic E-state index is 13.7. The van der Waals surface area contributed by atoms with Crippen molar-refractivity contribution in [2.75, 3.05) is 16.8 Å². The van der Waals surface area contributed by atoms with E-state index in [1.807, 2.05) is 0 Å². The Morgan fingerprint density at radius 1 is 1.32 bits per heavy atom. The molecule has 0 radical (unpaired) electrons. The van der Waals surface area contributed by atoms with Crippen LogP contribution in [0.25, 0.3) is 0 Å². The van der Waals surface area contributed by atoms with Crippen molar-refractivity contribution in [3.05, 3.63) is 49.3 Å². The number of carbonyl (C=O) groups is 1. The quantitative estimate of drug-likeness (QED) is 0.663. The molecule has 3 rings (SSSR count).